The van der Waals surface area contributed by atoms with E-state index in [1.807, 2.05) is 17.9 Å². The molecule has 4 rings (SSSR count). The van der Waals surface area contributed by atoms with E-state index < -0.39 is 0 Å². The van der Waals surface area contributed by atoms with Crippen LogP contribution in [0.15, 0.2) is 78.0 Å². The summed E-state index contributed by atoms with van der Waals surface area (Å²) < 4.78 is 1.89. The Labute approximate surface area is 185 Å². The van der Waals surface area contributed by atoms with Crippen LogP contribution in [0.25, 0.3) is 0 Å². The van der Waals surface area contributed by atoms with Crippen molar-refractivity contribution >= 4 is 5.96 Å². The molecule has 5 heteroatoms. The number of hydrogen-bond donors (Lipinski definition) is 1. The number of rotatable bonds is 7. The topological polar surface area (TPSA) is 45.5 Å². The van der Waals surface area contributed by atoms with Gasteiger partial charge in [-0.1, -0.05) is 60.7 Å². The highest BCUT2D eigenvalue weighted by Gasteiger charge is 2.27. The lowest BCUT2D eigenvalue weighted by molar-refractivity contribution is 0.485. The molecule has 0 saturated carbocycles. The number of aromatic nitrogens is 2. The zero-order valence-electron chi connectivity index (χ0n) is 18.6. The quantitative estimate of drug-likeness (QED) is 0.460. The number of aryl methyl sites for hydroxylation is 1. The molecule has 1 saturated heterocycles. The third-order valence-electron chi connectivity index (χ3n) is 6.10. The van der Waals surface area contributed by atoms with Crippen LogP contribution in [-0.2, 0) is 7.05 Å². The molecule has 0 aliphatic carbocycles. The van der Waals surface area contributed by atoms with Gasteiger partial charge in [-0.25, -0.2) is 0 Å². The number of aliphatic imine (C=N–C) groups is 1. The van der Waals surface area contributed by atoms with Crippen LogP contribution in [0.1, 0.15) is 48.3 Å². The highest BCUT2D eigenvalue weighted by Crippen LogP contribution is 2.29. The van der Waals surface area contributed by atoms with Gasteiger partial charge in [-0.05, 0) is 36.5 Å². The van der Waals surface area contributed by atoms with Gasteiger partial charge in [0.25, 0.3) is 0 Å². The summed E-state index contributed by atoms with van der Waals surface area (Å²) in [5.74, 6) is 1.92. The lowest BCUT2D eigenvalue weighted by Crippen LogP contribution is -2.40. The number of likely N-dealkylation sites (tertiary alicyclic amines) is 1. The van der Waals surface area contributed by atoms with Crippen LogP contribution in [0.4, 0.5) is 0 Å². The Morgan fingerprint density at radius 3 is 2.35 bits per heavy atom. The average molecular weight is 416 g/mol. The van der Waals surface area contributed by atoms with Crippen molar-refractivity contribution in [2.45, 2.75) is 31.6 Å². The van der Waals surface area contributed by atoms with Gasteiger partial charge in [-0.2, -0.15) is 5.10 Å². The molecule has 1 fully saturated rings. The van der Waals surface area contributed by atoms with Gasteiger partial charge >= 0.3 is 0 Å². The summed E-state index contributed by atoms with van der Waals surface area (Å²) in [5.41, 5.74) is 4.03. The molecular weight excluding hydrogens is 382 g/mol. The van der Waals surface area contributed by atoms with Crippen LogP contribution in [0.3, 0.4) is 0 Å². The smallest absolute Gasteiger partial charge is 0.193 e. The Hall–Kier alpha value is -3.08. The van der Waals surface area contributed by atoms with Crippen molar-refractivity contribution in [3.8, 4) is 0 Å². The molecule has 2 aromatic carbocycles. The SMILES string of the molecule is CCNC(=NCCC(c1ccccc1)c1ccccc1)N1CCC(c2cnn(C)c2)C1. The molecule has 1 unspecified atom stereocenters. The van der Waals surface area contributed by atoms with Gasteiger partial charge in [-0.3, -0.25) is 9.67 Å². The van der Waals surface area contributed by atoms with Crippen LogP contribution < -0.4 is 5.32 Å². The zero-order chi connectivity index (χ0) is 21.5. The molecule has 0 bridgehead atoms. The predicted octanol–water partition coefficient (Wildman–Crippen LogP) is 4.40. The van der Waals surface area contributed by atoms with Gasteiger partial charge in [0.05, 0.1) is 6.20 Å². The summed E-state index contributed by atoms with van der Waals surface area (Å²) in [6, 6.07) is 21.6. The zero-order valence-corrected chi connectivity index (χ0v) is 18.6. The summed E-state index contributed by atoms with van der Waals surface area (Å²) in [6.07, 6.45) is 6.28. The number of benzene rings is 2. The van der Waals surface area contributed by atoms with Crippen LogP contribution in [-0.4, -0.2) is 46.8 Å². The normalized spacial score (nSPS) is 16.8. The monoisotopic (exact) mass is 415 g/mol. The first-order valence-electron chi connectivity index (χ1n) is 11.4. The highest BCUT2D eigenvalue weighted by molar-refractivity contribution is 5.80. The van der Waals surface area contributed by atoms with Gasteiger partial charge in [0.2, 0.25) is 0 Å². The average Bonchev–Trinajstić information content (AvgIpc) is 3.46. The maximum Gasteiger partial charge on any atom is 0.193 e. The molecular formula is C26H33N5. The highest BCUT2D eigenvalue weighted by atomic mass is 15.3. The molecule has 0 spiro atoms. The maximum atomic E-state index is 5.03. The van der Waals surface area contributed by atoms with E-state index in [1.165, 1.54) is 16.7 Å². The summed E-state index contributed by atoms with van der Waals surface area (Å²) in [4.78, 5) is 7.43. The van der Waals surface area contributed by atoms with Crippen molar-refractivity contribution in [3.05, 3.63) is 89.7 Å². The van der Waals surface area contributed by atoms with Gasteiger partial charge in [0.15, 0.2) is 5.96 Å². The predicted molar refractivity (Wildman–Crippen MR) is 127 cm³/mol. The van der Waals surface area contributed by atoms with E-state index in [1.54, 1.807) is 0 Å². The van der Waals surface area contributed by atoms with Crippen molar-refractivity contribution in [1.82, 2.24) is 20.0 Å². The second-order valence-corrected chi connectivity index (χ2v) is 8.28. The Balaban J connectivity index is 1.45. The Bertz CT molecular complexity index is 924. The van der Waals surface area contributed by atoms with Gasteiger partial charge in [-0.15, -0.1) is 0 Å². The van der Waals surface area contributed by atoms with Crippen LogP contribution in [0, 0.1) is 0 Å². The maximum absolute atomic E-state index is 5.03. The minimum Gasteiger partial charge on any atom is -0.357 e. The fraction of sp³-hybridized carbons (Fsp3) is 0.385. The molecule has 3 aromatic rings. The number of hydrogen-bond acceptors (Lipinski definition) is 2. The first kappa shape index (κ1) is 21.2. The molecule has 31 heavy (non-hydrogen) atoms. The molecule has 2 heterocycles. The van der Waals surface area contributed by atoms with E-state index in [-0.39, 0.29) is 0 Å². The van der Waals surface area contributed by atoms with E-state index in [4.69, 9.17) is 4.99 Å². The van der Waals surface area contributed by atoms with E-state index in [9.17, 15) is 0 Å². The second-order valence-electron chi connectivity index (χ2n) is 8.28. The molecule has 1 aliphatic heterocycles. The molecule has 1 aromatic heterocycles. The molecule has 1 aliphatic rings. The van der Waals surface area contributed by atoms with Crippen molar-refractivity contribution in [1.29, 1.82) is 0 Å². The van der Waals surface area contributed by atoms with E-state index in [0.29, 0.717) is 11.8 Å². The molecule has 1 N–H and O–H groups in total. The van der Waals surface area contributed by atoms with Gasteiger partial charge in [0.1, 0.15) is 0 Å². The molecule has 0 amide bonds. The first-order chi connectivity index (χ1) is 15.2. The van der Waals surface area contributed by atoms with Gasteiger partial charge < -0.3 is 10.2 Å². The molecule has 162 valence electrons. The van der Waals surface area contributed by atoms with Crippen molar-refractivity contribution < 1.29 is 0 Å². The summed E-state index contributed by atoms with van der Waals surface area (Å²) >= 11 is 0. The van der Waals surface area contributed by atoms with E-state index in [0.717, 1.165) is 45.0 Å². The van der Waals surface area contributed by atoms with Crippen molar-refractivity contribution in [2.75, 3.05) is 26.2 Å². The van der Waals surface area contributed by atoms with Gasteiger partial charge in [0, 0.05) is 51.3 Å². The van der Waals surface area contributed by atoms with Crippen molar-refractivity contribution in [2.24, 2.45) is 12.0 Å². The summed E-state index contributed by atoms with van der Waals surface area (Å²) in [6.45, 7) is 5.85. The largest absolute Gasteiger partial charge is 0.357 e. The first-order valence-corrected chi connectivity index (χ1v) is 11.4. The standard InChI is InChI=1S/C26H33N5/c1-3-27-26(31-17-15-23(20-31)24-18-29-30(2)19-24)28-16-14-25(21-10-6-4-7-11-21)22-12-8-5-9-13-22/h4-13,18-19,23,25H,3,14-17,20H2,1-2H3,(H,27,28). The van der Waals surface area contributed by atoms with Crippen LogP contribution in [0.2, 0.25) is 0 Å². The number of guanidine groups is 1. The Morgan fingerprint density at radius 2 is 1.77 bits per heavy atom. The summed E-state index contributed by atoms with van der Waals surface area (Å²) in [7, 11) is 1.98. The van der Waals surface area contributed by atoms with Crippen LogP contribution in [0.5, 0.6) is 0 Å². The second kappa shape index (κ2) is 10.3. The lowest BCUT2D eigenvalue weighted by atomic mass is 9.89. The van der Waals surface area contributed by atoms with E-state index >= 15 is 0 Å². The molecule has 5 nitrogen and oxygen atoms in total. The van der Waals surface area contributed by atoms with Crippen molar-refractivity contribution in [3.63, 3.8) is 0 Å². The third kappa shape index (κ3) is 5.35. The minimum atomic E-state index is 0.357. The Morgan fingerprint density at radius 1 is 1.10 bits per heavy atom. The van der Waals surface area contributed by atoms with E-state index in [2.05, 4.69) is 89.1 Å². The fourth-order valence-corrected chi connectivity index (χ4v) is 4.50. The minimum absolute atomic E-state index is 0.357. The molecule has 1 atom stereocenters. The summed E-state index contributed by atoms with van der Waals surface area (Å²) in [5, 5.41) is 7.86. The molecule has 0 radical (unpaired) electrons. The number of nitrogens with zero attached hydrogens (tertiary/aromatic N) is 4. The number of nitrogens with one attached hydrogen (secondary N) is 1. The Kier molecular flexibility index (Phi) is 7.03. The third-order valence-corrected chi connectivity index (χ3v) is 6.10. The lowest BCUT2D eigenvalue weighted by Gasteiger charge is -2.22. The fourth-order valence-electron chi connectivity index (χ4n) is 4.50. The van der Waals surface area contributed by atoms with Crippen LogP contribution >= 0.6 is 0 Å².